The lowest BCUT2D eigenvalue weighted by Gasteiger charge is -2.20. The van der Waals surface area contributed by atoms with E-state index in [-0.39, 0.29) is 5.91 Å². The number of anilines is 1. The molecule has 0 bridgehead atoms. The van der Waals surface area contributed by atoms with E-state index < -0.39 is 0 Å². The summed E-state index contributed by atoms with van der Waals surface area (Å²) >= 11 is 0. The lowest BCUT2D eigenvalue weighted by Crippen LogP contribution is -2.32. The maximum absolute atomic E-state index is 11.9. The summed E-state index contributed by atoms with van der Waals surface area (Å²) in [5.41, 5.74) is 0.382. The summed E-state index contributed by atoms with van der Waals surface area (Å²) in [6.07, 6.45) is 4.98. The van der Waals surface area contributed by atoms with E-state index in [0.717, 1.165) is 25.5 Å². The van der Waals surface area contributed by atoms with E-state index in [1.165, 1.54) is 25.7 Å². The fourth-order valence-corrected chi connectivity index (χ4v) is 2.40. The molecule has 1 N–H and O–H groups in total. The Balaban J connectivity index is 1.90. The molecule has 116 valence electrons. The summed E-state index contributed by atoms with van der Waals surface area (Å²) in [6.45, 7) is 3.48. The Morgan fingerprint density at radius 1 is 1.19 bits per heavy atom. The summed E-state index contributed by atoms with van der Waals surface area (Å²) in [5.74, 6) is 0.716. The van der Waals surface area contributed by atoms with Crippen LogP contribution in [0.4, 0.5) is 5.82 Å². The second kappa shape index (κ2) is 7.93. The van der Waals surface area contributed by atoms with Crippen molar-refractivity contribution in [2.45, 2.75) is 25.7 Å². The van der Waals surface area contributed by atoms with Gasteiger partial charge in [-0.25, -0.2) is 0 Å². The molecule has 2 heterocycles. The summed E-state index contributed by atoms with van der Waals surface area (Å²) in [5, 5.41) is 11.1. The number of carbonyl (C=O) groups is 1. The van der Waals surface area contributed by atoms with Crippen molar-refractivity contribution in [3.63, 3.8) is 0 Å². The highest BCUT2D eigenvalue weighted by Crippen LogP contribution is 2.16. The Hall–Kier alpha value is -1.69. The molecule has 1 fully saturated rings. The SMILES string of the molecule is CN(C)CCNC(=O)c1ccc(N2CCCCCC2)nn1. The molecule has 6 nitrogen and oxygen atoms in total. The van der Waals surface area contributed by atoms with E-state index in [4.69, 9.17) is 0 Å². The average Bonchev–Trinajstić information content (AvgIpc) is 2.76. The topological polar surface area (TPSA) is 61.4 Å². The van der Waals surface area contributed by atoms with Gasteiger partial charge < -0.3 is 15.1 Å². The van der Waals surface area contributed by atoms with Crippen LogP contribution in [0.25, 0.3) is 0 Å². The first-order chi connectivity index (χ1) is 10.2. The van der Waals surface area contributed by atoms with Crippen molar-refractivity contribution in [1.82, 2.24) is 20.4 Å². The van der Waals surface area contributed by atoms with Crippen LogP contribution in [0.1, 0.15) is 36.2 Å². The van der Waals surface area contributed by atoms with Gasteiger partial charge in [-0.15, -0.1) is 10.2 Å². The third-order valence-corrected chi connectivity index (χ3v) is 3.66. The third kappa shape index (κ3) is 4.97. The van der Waals surface area contributed by atoms with Crippen LogP contribution in [-0.2, 0) is 0 Å². The highest BCUT2D eigenvalue weighted by Gasteiger charge is 2.13. The van der Waals surface area contributed by atoms with Gasteiger partial charge in [0.05, 0.1) is 0 Å². The minimum Gasteiger partial charge on any atom is -0.355 e. The number of hydrogen-bond donors (Lipinski definition) is 1. The summed E-state index contributed by atoms with van der Waals surface area (Å²) in [7, 11) is 3.95. The van der Waals surface area contributed by atoms with Gasteiger partial charge in [0.15, 0.2) is 11.5 Å². The van der Waals surface area contributed by atoms with Crippen LogP contribution in [0.3, 0.4) is 0 Å². The first-order valence-electron chi connectivity index (χ1n) is 7.68. The van der Waals surface area contributed by atoms with Gasteiger partial charge in [0, 0.05) is 26.2 Å². The van der Waals surface area contributed by atoms with Crippen molar-refractivity contribution in [3.05, 3.63) is 17.8 Å². The first kappa shape index (κ1) is 15.7. The molecule has 0 unspecified atom stereocenters. The molecule has 1 saturated heterocycles. The zero-order valence-corrected chi connectivity index (χ0v) is 13.0. The summed E-state index contributed by atoms with van der Waals surface area (Å²) < 4.78 is 0. The molecule has 0 spiro atoms. The molecule has 21 heavy (non-hydrogen) atoms. The molecule has 1 aliphatic heterocycles. The first-order valence-corrected chi connectivity index (χ1v) is 7.68. The number of hydrogen-bond acceptors (Lipinski definition) is 5. The van der Waals surface area contributed by atoms with Gasteiger partial charge in [0.1, 0.15) is 0 Å². The third-order valence-electron chi connectivity index (χ3n) is 3.66. The zero-order chi connectivity index (χ0) is 15.1. The standard InChI is InChI=1S/C15H25N5O/c1-19(2)12-9-16-15(21)13-7-8-14(18-17-13)20-10-5-3-4-6-11-20/h7-8H,3-6,9-12H2,1-2H3,(H,16,21). The number of aromatic nitrogens is 2. The summed E-state index contributed by atoms with van der Waals surface area (Å²) in [6, 6.07) is 3.66. The van der Waals surface area contributed by atoms with Crippen LogP contribution in [0.15, 0.2) is 12.1 Å². The predicted molar refractivity (Wildman–Crippen MR) is 83.6 cm³/mol. The Bertz CT molecular complexity index is 438. The van der Waals surface area contributed by atoms with E-state index in [1.54, 1.807) is 6.07 Å². The highest BCUT2D eigenvalue weighted by molar-refractivity contribution is 5.92. The minimum atomic E-state index is -0.160. The molecule has 2 rings (SSSR count). The van der Waals surface area contributed by atoms with Crippen LogP contribution >= 0.6 is 0 Å². The second-order valence-electron chi connectivity index (χ2n) is 5.74. The fraction of sp³-hybridized carbons (Fsp3) is 0.667. The highest BCUT2D eigenvalue weighted by atomic mass is 16.1. The van der Waals surface area contributed by atoms with Gasteiger partial charge in [-0.3, -0.25) is 4.79 Å². The Labute approximate surface area is 126 Å². The molecule has 0 atom stereocenters. The molecule has 0 radical (unpaired) electrons. The van der Waals surface area contributed by atoms with Gasteiger partial charge >= 0.3 is 0 Å². The van der Waals surface area contributed by atoms with Crippen molar-refractivity contribution in [2.24, 2.45) is 0 Å². The normalized spacial score (nSPS) is 15.9. The molecular formula is C15H25N5O. The monoisotopic (exact) mass is 291 g/mol. The maximum atomic E-state index is 11.9. The summed E-state index contributed by atoms with van der Waals surface area (Å²) in [4.78, 5) is 16.2. The van der Waals surface area contributed by atoms with Crippen LogP contribution in [0.2, 0.25) is 0 Å². The van der Waals surface area contributed by atoms with E-state index in [0.29, 0.717) is 12.2 Å². The lowest BCUT2D eigenvalue weighted by atomic mass is 10.2. The van der Waals surface area contributed by atoms with Crippen LogP contribution in [0, 0.1) is 0 Å². The predicted octanol–water partition coefficient (Wildman–Crippen LogP) is 1.15. The molecule has 0 saturated carbocycles. The van der Waals surface area contributed by atoms with Crippen LogP contribution in [-0.4, -0.2) is 61.3 Å². The van der Waals surface area contributed by atoms with Crippen molar-refractivity contribution in [2.75, 3.05) is 45.2 Å². The van der Waals surface area contributed by atoms with Crippen molar-refractivity contribution in [3.8, 4) is 0 Å². The average molecular weight is 291 g/mol. The molecule has 1 amide bonds. The van der Waals surface area contributed by atoms with Gasteiger partial charge in [0.2, 0.25) is 0 Å². The number of likely N-dealkylation sites (N-methyl/N-ethyl adjacent to an activating group) is 1. The van der Waals surface area contributed by atoms with Gasteiger partial charge in [0.25, 0.3) is 5.91 Å². The van der Waals surface area contributed by atoms with Crippen molar-refractivity contribution < 1.29 is 4.79 Å². The van der Waals surface area contributed by atoms with E-state index >= 15 is 0 Å². The van der Waals surface area contributed by atoms with Crippen molar-refractivity contribution >= 4 is 11.7 Å². The van der Waals surface area contributed by atoms with Crippen LogP contribution < -0.4 is 10.2 Å². The Morgan fingerprint density at radius 2 is 1.90 bits per heavy atom. The van der Waals surface area contributed by atoms with Crippen molar-refractivity contribution in [1.29, 1.82) is 0 Å². The number of amides is 1. The molecule has 1 aromatic heterocycles. The zero-order valence-electron chi connectivity index (χ0n) is 13.0. The Kier molecular flexibility index (Phi) is 5.92. The molecule has 1 aliphatic rings. The van der Waals surface area contributed by atoms with Gasteiger partial charge in [-0.05, 0) is 39.1 Å². The molecular weight excluding hydrogens is 266 g/mol. The number of rotatable bonds is 5. The number of carbonyl (C=O) groups excluding carboxylic acids is 1. The van der Waals surface area contributed by atoms with E-state index in [2.05, 4.69) is 20.4 Å². The minimum absolute atomic E-state index is 0.160. The van der Waals surface area contributed by atoms with Crippen LogP contribution in [0.5, 0.6) is 0 Å². The second-order valence-corrected chi connectivity index (χ2v) is 5.74. The quantitative estimate of drug-likeness (QED) is 0.882. The van der Waals surface area contributed by atoms with Gasteiger partial charge in [-0.2, -0.15) is 0 Å². The van der Waals surface area contributed by atoms with E-state index in [9.17, 15) is 4.79 Å². The Morgan fingerprint density at radius 3 is 2.48 bits per heavy atom. The molecule has 1 aromatic rings. The van der Waals surface area contributed by atoms with Gasteiger partial charge in [-0.1, -0.05) is 12.8 Å². The number of nitrogens with zero attached hydrogens (tertiary/aromatic N) is 4. The number of nitrogens with one attached hydrogen (secondary N) is 1. The lowest BCUT2D eigenvalue weighted by molar-refractivity contribution is 0.0945. The maximum Gasteiger partial charge on any atom is 0.271 e. The fourth-order valence-electron chi connectivity index (χ4n) is 2.40. The smallest absolute Gasteiger partial charge is 0.271 e. The molecule has 0 aliphatic carbocycles. The van der Waals surface area contributed by atoms with E-state index in [1.807, 2.05) is 25.1 Å². The molecule has 6 heteroatoms. The largest absolute Gasteiger partial charge is 0.355 e. The molecule has 0 aromatic carbocycles.